The lowest BCUT2D eigenvalue weighted by molar-refractivity contribution is 0.0697. The van der Waals surface area contributed by atoms with Gasteiger partial charge in [0.25, 0.3) is 0 Å². The number of nitrogens with one attached hydrogen (secondary N) is 1. The van der Waals surface area contributed by atoms with Crippen molar-refractivity contribution < 1.29 is 14.3 Å². The molecule has 0 aliphatic carbocycles. The van der Waals surface area contributed by atoms with Gasteiger partial charge in [-0.25, -0.2) is 9.18 Å². The van der Waals surface area contributed by atoms with E-state index in [1.54, 1.807) is 24.3 Å². The van der Waals surface area contributed by atoms with Crippen molar-refractivity contribution in [3.8, 4) is 0 Å². The van der Waals surface area contributed by atoms with Crippen LogP contribution in [0.1, 0.15) is 41.0 Å². The summed E-state index contributed by atoms with van der Waals surface area (Å²) in [6, 6.07) is 7.83. The van der Waals surface area contributed by atoms with Crippen molar-refractivity contribution in [3.05, 3.63) is 59.2 Å². The summed E-state index contributed by atoms with van der Waals surface area (Å²) < 4.78 is 12.9. The van der Waals surface area contributed by atoms with Crippen LogP contribution in [0.2, 0.25) is 0 Å². The number of carboxylic acids is 1. The maximum absolute atomic E-state index is 12.9. The molecule has 0 saturated heterocycles. The average molecular weight is 288 g/mol. The molecule has 0 spiro atoms. The van der Waals surface area contributed by atoms with E-state index in [1.165, 1.54) is 12.3 Å². The Labute approximate surface area is 122 Å². The van der Waals surface area contributed by atoms with Gasteiger partial charge in [-0.05, 0) is 43.2 Å². The van der Waals surface area contributed by atoms with E-state index in [-0.39, 0.29) is 17.4 Å². The fourth-order valence-electron chi connectivity index (χ4n) is 2.08. The Hall–Kier alpha value is -2.43. The molecule has 0 fully saturated rings. The highest BCUT2D eigenvalue weighted by Crippen LogP contribution is 2.24. The van der Waals surface area contributed by atoms with Crippen LogP contribution in [0.4, 0.5) is 10.1 Å². The van der Waals surface area contributed by atoms with Crippen molar-refractivity contribution in [2.45, 2.75) is 26.3 Å². The van der Waals surface area contributed by atoms with Crippen LogP contribution in [0.5, 0.6) is 0 Å². The van der Waals surface area contributed by atoms with Crippen LogP contribution in [0.3, 0.4) is 0 Å². The average Bonchev–Trinajstić information content (AvgIpc) is 2.47. The number of benzene rings is 1. The Morgan fingerprint density at radius 1 is 1.38 bits per heavy atom. The van der Waals surface area contributed by atoms with E-state index in [2.05, 4.69) is 10.3 Å². The van der Waals surface area contributed by atoms with E-state index in [0.717, 1.165) is 23.4 Å². The minimum atomic E-state index is -0.967. The lowest BCUT2D eigenvalue weighted by Gasteiger charge is -2.19. The fourth-order valence-corrected chi connectivity index (χ4v) is 2.08. The third kappa shape index (κ3) is 3.56. The zero-order valence-electron chi connectivity index (χ0n) is 11.9. The first kappa shape index (κ1) is 15.0. The van der Waals surface area contributed by atoms with Gasteiger partial charge in [-0.15, -0.1) is 0 Å². The number of carboxylic acid groups (broad SMARTS) is 1. The number of hydrogen-bond acceptors (Lipinski definition) is 3. The van der Waals surface area contributed by atoms with Gasteiger partial charge in [-0.2, -0.15) is 0 Å². The summed E-state index contributed by atoms with van der Waals surface area (Å²) in [6.07, 6.45) is 1.93. The molecule has 0 bridgehead atoms. The molecule has 21 heavy (non-hydrogen) atoms. The molecule has 5 heteroatoms. The third-order valence-electron chi connectivity index (χ3n) is 3.33. The Bertz CT molecular complexity index is 641. The summed E-state index contributed by atoms with van der Waals surface area (Å²) in [5, 5.41) is 12.3. The van der Waals surface area contributed by atoms with Crippen LogP contribution in [0.25, 0.3) is 0 Å². The largest absolute Gasteiger partial charge is 0.478 e. The summed E-state index contributed by atoms with van der Waals surface area (Å²) in [5.74, 6) is -1.34. The number of carbonyl (C=O) groups is 1. The van der Waals surface area contributed by atoms with Gasteiger partial charge in [0.15, 0.2) is 0 Å². The third-order valence-corrected chi connectivity index (χ3v) is 3.33. The highest BCUT2D eigenvalue weighted by Gasteiger charge is 2.13. The van der Waals surface area contributed by atoms with Crippen molar-refractivity contribution in [2.24, 2.45) is 0 Å². The van der Waals surface area contributed by atoms with Gasteiger partial charge in [0.2, 0.25) is 0 Å². The Kier molecular flexibility index (Phi) is 4.52. The fraction of sp³-hybridized carbons (Fsp3) is 0.250. The van der Waals surface area contributed by atoms with Gasteiger partial charge in [-0.1, -0.05) is 13.0 Å². The van der Waals surface area contributed by atoms with Crippen LogP contribution >= 0.6 is 0 Å². The summed E-state index contributed by atoms with van der Waals surface area (Å²) in [7, 11) is 0. The number of aryl methyl sites for hydroxylation is 1. The molecule has 1 atom stereocenters. The van der Waals surface area contributed by atoms with E-state index in [0.29, 0.717) is 0 Å². The second-order valence-electron chi connectivity index (χ2n) is 4.84. The number of hydrogen-bond donors (Lipinski definition) is 2. The summed E-state index contributed by atoms with van der Waals surface area (Å²) in [6.45, 7) is 3.89. The topological polar surface area (TPSA) is 62.2 Å². The van der Waals surface area contributed by atoms with Gasteiger partial charge >= 0.3 is 5.97 Å². The van der Waals surface area contributed by atoms with E-state index in [4.69, 9.17) is 5.11 Å². The Morgan fingerprint density at radius 2 is 2.14 bits per heavy atom. The second kappa shape index (κ2) is 6.35. The van der Waals surface area contributed by atoms with Crippen LogP contribution in [0.15, 0.2) is 36.5 Å². The standard InChI is InChI=1S/C16H17FN2O2/c1-3-13(14-7-6-12(17)9-18-14)19-15-8-11(16(20)21)5-4-10(15)2/h4-9,13,19H,3H2,1-2H3,(H,20,21). The first-order valence-electron chi connectivity index (χ1n) is 6.73. The molecule has 0 radical (unpaired) electrons. The highest BCUT2D eigenvalue weighted by molar-refractivity contribution is 5.89. The van der Waals surface area contributed by atoms with Gasteiger partial charge < -0.3 is 10.4 Å². The van der Waals surface area contributed by atoms with Crippen LogP contribution in [-0.4, -0.2) is 16.1 Å². The lowest BCUT2D eigenvalue weighted by atomic mass is 10.1. The summed E-state index contributed by atoms with van der Waals surface area (Å²) >= 11 is 0. The predicted molar refractivity (Wildman–Crippen MR) is 79.0 cm³/mol. The first-order valence-corrected chi connectivity index (χ1v) is 6.73. The van der Waals surface area contributed by atoms with Crippen LogP contribution in [-0.2, 0) is 0 Å². The number of aromatic nitrogens is 1. The molecule has 2 aromatic rings. The number of halogens is 1. The molecule has 0 aliphatic heterocycles. The number of anilines is 1. The molecule has 4 nitrogen and oxygen atoms in total. The molecular weight excluding hydrogens is 271 g/mol. The van der Waals surface area contributed by atoms with E-state index in [9.17, 15) is 9.18 Å². The number of nitrogens with zero attached hydrogens (tertiary/aromatic N) is 1. The van der Waals surface area contributed by atoms with Gasteiger partial charge in [0.1, 0.15) is 5.82 Å². The molecule has 1 aromatic carbocycles. The predicted octanol–water partition coefficient (Wildman–Crippen LogP) is 3.79. The van der Waals surface area contributed by atoms with Crippen molar-refractivity contribution in [1.29, 1.82) is 0 Å². The molecule has 2 N–H and O–H groups in total. The van der Waals surface area contributed by atoms with Gasteiger partial charge in [0, 0.05) is 5.69 Å². The van der Waals surface area contributed by atoms with Crippen LogP contribution < -0.4 is 5.32 Å². The molecule has 1 heterocycles. The molecule has 2 rings (SSSR count). The summed E-state index contributed by atoms with van der Waals surface area (Å²) in [5.41, 5.74) is 2.64. The van der Waals surface area contributed by atoms with Crippen LogP contribution in [0, 0.1) is 12.7 Å². The zero-order chi connectivity index (χ0) is 15.4. The monoisotopic (exact) mass is 288 g/mol. The number of pyridine rings is 1. The zero-order valence-corrected chi connectivity index (χ0v) is 11.9. The number of rotatable bonds is 5. The molecule has 0 aliphatic rings. The Morgan fingerprint density at radius 3 is 2.71 bits per heavy atom. The van der Waals surface area contributed by atoms with Crippen molar-refractivity contribution in [2.75, 3.05) is 5.32 Å². The SMILES string of the molecule is CCC(Nc1cc(C(=O)O)ccc1C)c1ccc(F)cn1. The van der Waals surface area contributed by atoms with Gasteiger partial charge in [0.05, 0.1) is 23.5 Å². The van der Waals surface area contributed by atoms with E-state index >= 15 is 0 Å². The first-order chi connectivity index (χ1) is 10.0. The van der Waals surface area contributed by atoms with Crippen molar-refractivity contribution >= 4 is 11.7 Å². The molecule has 0 saturated carbocycles. The van der Waals surface area contributed by atoms with E-state index in [1.807, 2.05) is 13.8 Å². The van der Waals surface area contributed by atoms with Crippen molar-refractivity contribution in [3.63, 3.8) is 0 Å². The second-order valence-corrected chi connectivity index (χ2v) is 4.84. The molecular formula is C16H17FN2O2. The minimum absolute atomic E-state index is 0.103. The highest BCUT2D eigenvalue weighted by atomic mass is 19.1. The minimum Gasteiger partial charge on any atom is -0.478 e. The quantitative estimate of drug-likeness (QED) is 0.878. The molecule has 0 amide bonds. The normalized spacial score (nSPS) is 12.0. The smallest absolute Gasteiger partial charge is 0.335 e. The molecule has 1 unspecified atom stereocenters. The van der Waals surface area contributed by atoms with Crippen molar-refractivity contribution in [1.82, 2.24) is 4.98 Å². The molecule has 110 valence electrons. The maximum Gasteiger partial charge on any atom is 0.335 e. The van der Waals surface area contributed by atoms with E-state index < -0.39 is 5.97 Å². The van der Waals surface area contributed by atoms with Gasteiger partial charge in [-0.3, -0.25) is 4.98 Å². The number of aromatic carboxylic acids is 1. The maximum atomic E-state index is 12.9. The molecule has 1 aromatic heterocycles. The summed E-state index contributed by atoms with van der Waals surface area (Å²) in [4.78, 5) is 15.1. The lowest BCUT2D eigenvalue weighted by Crippen LogP contribution is -2.13. The Balaban J connectivity index is 2.28.